The van der Waals surface area contributed by atoms with Gasteiger partial charge in [-0.15, -0.1) is 0 Å². The molecule has 9 nitrogen and oxygen atoms in total. The van der Waals surface area contributed by atoms with Crippen molar-refractivity contribution in [2.24, 2.45) is 0 Å². The minimum atomic E-state index is -0.0649. The summed E-state index contributed by atoms with van der Waals surface area (Å²) in [4.78, 5) is 35.1. The Bertz CT molecular complexity index is 746. The Labute approximate surface area is 152 Å². The molecule has 2 aromatic heterocycles. The summed E-state index contributed by atoms with van der Waals surface area (Å²) in [6, 6.07) is 3.89. The Morgan fingerprint density at radius 3 is 2.50 bits per heavy atom. The number of hydrogen-bond acceptors (Lipinski definition) is 8. The summed E-state index contributed by atoms with van der Waals surface area (Å²) < 4.78 is 5.34. The van der Waals surface area contributed by atoms with Gasteiger partial charge < -0.3 is 19.4 Å². The van der Waals surface area contributed by atoms with Gasteiger partial charge in [-0.3, -0.25) is 4.79 Å². The highest BCUT2D eigenvalue weighted by atomic mass is 16.5. The molecule has 0 N–H and O–H groups in total. The zero-order valence-corrected chi connectivity index (χ0v) is 15.3. The quantitative estimate of drug-likeness (QED) is 0.758. The van der Waals surface area contributed by atoms with Crippen molar-refractivity contribution in [3.05, 3.63) is 30.4 Å². The molecule has 1 amide bonds. The second-order valence-corrected chi connectivity index (χ2v) is 6.21. The van der Waals surface area contributed by atoms with E-state index in [1.54, 1.807) is 23.4 Å². The number of ether oxygens (including phenoxy) is 1. The highest BCUT2D eigenvalue weighted by Gasteiger charge is 2.23. The van der Waals surface area contributed by atoms with Crippen molar-refractivity contribution in [3.8, 4) is 6.01 Å². The molecule has 0 unspecified atom stereocenters. The van der Waals surface area contributed by atoms with E-state index in [4.69, 9.17) is 4.74 Å². The minimum absolute atomic E-state index is 0.0542. The van der Waals surface area contributed by atoms with Crippen LogP contribution in [0.1, 0.15) is 5.82 Å². The number of aryl methyl sites for hydroxylation is 1. The molecule has 1 aliphatic heterocycles. The van der Waals surface area contributed by atoms with Crippen LogP contribution in [0.15, 0.2) is 24.5 Å². The highest BCUT2D eigenvalue weighted by Crippen LogP contribution is 2.19. The van der Waals surface area contributed by atoms with Gasteiger partial charge in [0.15, 0.2) is 6.61 Å². The number of carbonyl (C=O) groups is 1. The summed E-state index contributed by atoms with van der Waals surface area (Å²) in [5.74, 6) is 2.44. The van der Waals surface area contributed by atoms with E-state index in [0.29, 0.717) is 13.1 Å². The predicted molar refractivity (Wildman–Crippen MR) is 97.4 cm³/mol. The second kappa shape index (κ2) is 7.94. The number of piperazine rings is 1. The van der Waals surface area contributed by atoms with E-state index in [0.717, 1.165) is 30.5 Å². The van der Waals surface area contributed by atoms with Crippen LogP contribution >= 0.6 is 0 Å². The van der Waals surface area contributed by atoms with E-state index in [1.165, 1.54) is 0 Å². The number of aromatic nitrogens is 4. The smallest absolute Gasteiger partial charge is 0.316 e. The van der Waals surface area contributed by atoms with E-state index >= 15 is 0 Å². The van der Waals surface area contributed by atoms with Crippen molar-refractivity contribution in [2.45, 2.75) is 6.92 Å². The lowest BCUT2D eigenvalue weighted by molar-refractivity contribution is -0.133. The lowest BCUT2D eigenvalue weighted by atomic mass is 10.3. The molecule has 1 fully saturated rings. The van der Waals surface area contributed by atoms with Crippen LogP contribution in [-0.4, -0.2) is 77.6 Å². The van der Waals surface area contributed by atoms with Gasteiger partial charge >= 0.3 is 6.01 Å². The lowest BCUT2D eigenvalue weighted by Gasteiger charge is -2.35. The molecule has 0 saturated carbocycles. The summed E-state index contributed by atoms with van der Waals surface area (Å²) in [7, 11) is 3.91. The predicted octanol–water partition coefficient (Wildman–Crippen LogP) is 0.369. The number of anilines is 2. The van der Waals surface area contributed by atoms with Crippen molar-refractivity contribution in [2.75, 3.05) is 56.7 Å². The maximum atomic E-state index is 12.3. The number of amides is 1. The fraction of sp³-hybridized carbons (Fsp3) is 0.471. The Morgan fingerprint density at radius 2 is 1.85 bits per heavy atom. The van der Waals surface area contributed by atoms with Gasteiger partial charge in [-0.2, -0.15) is 0 Å². The van der Waals surface area contributed by atoms with Crippen molar-refractivity contribution < 1.29 is 9.53 Å². The van der Waals surface area contributed by atoms with Crippen LogP contribution < -0.4 is 14.5 Å². The number of nitrogens with zero attached hydrogens (tertiary/aromatic N) is 7. The molecular weight excluding hydrogens is 334 g/mol. The normalized spacial score (nSPS) is 14.3. The maximum Gasteiger partial charge on any atom is 0.316 e. The first-order valence-corrected chi connectivity index (χ1v) is 8.48. The summed E-state index contributed by atoms with van der Waals surface area (Å²) in [6.07, 6.45) is 3.16. The number of rotatable bonds is 5. The van der Waals surface area contributed by atoms with Crippen molar-refractivity contribution >= 4 is 17.5 Å². The molecule has 3 rings (SSSR count). The molecule has 2 aromatic rings. The zero-order valence-electron chi connectivity index (χ0n) is 15.3. The van der Waals surface area contributed by atoms with Crippen LogP contribution in [0.4, 0.5) is 11.6 Å². The third kappa shape index (κ3) is 4.35. The molecule has 0 aromatic carbocycles. The fourth-order valence-electron chi connectivity index (χ4n) is 2.69. The average molecular weight is 357 g/mol. The first-order chi connectivity index (χ1) is 12.5. The molecule has 0 aliphatic carbocycles. The first-order valence-electron chi connectivity index (χ1n) is 8.48. The Kier molecular flexibility index (Phi) is 5.45. The van der Waals surface area contributed by atoms with Crippen molar-refractivity contribution in [1.29, 1.82) is 0 Å². The fourth-order valence-corrected chi connectivity index (χ4v) is 2.69. The largest absolute Gasteiger partial charge is 0.453 e. The summed E-state index contributed by atoms with van der Waals surface area (Å²) in [6.45, 7) is 4.52. The van der Waals surface area contributed by atoms with Gasteiger partial charge in [-0.25, -0.2) is 19.9 Å². The lowest BCUT2D eigenvalue weighted by Crippen LogP contribution is -2.50. The van der Waals surface area contributed by atoms with Gasteiger partial charge in [0, 0.05) is 58.7 Å². The van der Waals surface area contributed by atoms with Gasteiger partial charge in [0.2, 0.25) is 0 Å². The molecule has 0 spiro atoms. The van der Waals surface area contributed by atoms with Crippen molar-refractivity contribution in [1.82, 2.24) is 24.8 Å². The van der Waals surface area contributed by atoms with Gasteiger partial charge in [0.05, 0.1) is 0 Å². The average Bonchev–Trinajstić information content (AvgIpc) is 2.66. The Hall–Kier alpha value is -2.97. The van der Waals surface area contributed by atoms with E-state index in [1.807, 2.05) is 32.0 Å². The van der Waals surface area contributed by atoms with E-state index < -0.39 is 0 Å². The molecule has 0 radical (unpaired) electrons. The number of hydrogen-bond donors (Lipinski definition) is 0. The second-order valence-electron chi connectivity index (χ2n) is 6.21. The van der Waals surface area contributed by atoms with E-state index in [9.17, 15) is 4.79 Å². The van der Waals surface area contributed by atoms with Gasteiger partial charge in [0.25, 0.3) is 5.91 Å². The third-order valence-electron chi connectivity index (χ3n) is 4.09. The van der Waals surface area contributed by atoms with Crippen LogP contribution in [0.3, 0.4) is 0 Å². The summed E-state index contributed by atoms with van der Waals surface area (Å²) in [5, 5.41) is 0. The molecule has 0 atom stereocenters. The zero-order chi connectivity index (χ0) is 18.5. The Morgan fingerprint density at radius 1 is 1.15 bits per heavy atom. The van der Waals surface area contributed by atoms with Crippen LogP contribution in [0.2, 0.25) is 0 Å². The molecule has 0 bridgehead atoms. The van der Waals surface area contributed by atoms with Crippen LogP contribution in [0.25, 0.3) is 0 Å². The molecule has 9 heteroatoms. The monoisotopic (exact) mass is 357 g/mol. The highest BCUT2D eigenvalue weighted by molar-refractivity contribution is 5.78. The standard InChI is InChI=1S/C17H23N7O2/c1-13-20-14(22(2)3)11-15(21-13)23-7-9-24(10-8-23)16(25)12-26-17-18-5-4-6-19-17/h4-6,11H,7-10,12H2,1-3H3. The summed E-state index contributed by atoms with van der Waals surface area (Å²) in [5.41, 5.74) is 0. The molecule has 1 saturated heterocycles. The minimum Gasteiger partial charge on any atom is -0.453 e. The third-order valence-corrected chi connectivity index (χ3v) is 4.09. The Balaban J connectivity index is 1.55. The topological polar surface area (TPSA) is 87.6 Å². The molecule has 138 valence electrons. The van der Waals surface area contributed by atoms with E-state index in [-0.39, 0.29) is 18.5 Å². The molecule has 3 heterocycles. The maximum absolute atomic E-state index is 12.3. The first kappa shape index (κ1) is 17.8. The van der Waals surface area contributed by atoms with Crippen LogP contribution in [0, 0.1) is 6.92 Å². The van der Waals surface area contributed by atoms with E-state index in [2.05, 4.69) is 24.8 Å². The molecule has 1 aliphatic rings. The van der Waals surface area contributed by atoms with Gasteiger partial charge in [0.1, 0.15) is 17.5 Å². The van der Waals surface area contributed by atoms with Crippen molar-refractivity contribution in [3.63, 3.8) is 0 Å². The number of carbonyl (C=O) groups excluding carboxylic acids is 1. The van der Waals surface area contributed by atoms with Gasteiger partial charge in [-0.05, 0) is 13.0 Å². The SMILES string of the molecule is Cc1nc(N(C)C)cc(N2CCN(C(=O)COc3ncccn3)CC2)n1. The summed E-state index contributed by atoms with van der Waals surface area (Å²) >= 11 is 0. The molecular formula is C17H23N7O2. The van der Waals surface area contributed by atoms with Crippen LogP contribution in [0.5, 0.6) is 6.01 Å². The van der Waals surface area contributed by atoms with Crippen LogP contribution in [-0.2, 0) is 4.79 Å². The molecule has 26 heavy (non-hydrogen) atoms. The van der Waals surface area contributed by atoms with Gasteiger partial charge in [-0.1, -0.05) is 0 Å².